The zero-order chi connectivity index (χ0) is 13.0. The van der Waals surface area contributed by atoms with Crippen molar-refractivity contribution in [3.8, 4) is 0 Å². The van der Waals surface area contributed by atoms with Crippen molar-refractivity contribution in [2.24, 2.45) is 5.92 Å². The van der Waals surface area contributed by atoms with E-state index in [1.807, 2.05) is 24.3 Å². The molecule has 0 spiro atoms. The van der Waals surface area contributed by atoms with Crippen molar-refractivity contribution in [3.05, 3.63) is 28.7 Å². The Balaban J connectivity index is 1.87. The minimum Gasteiger partial charge on any atom is -0.335 e. The molecule has 0 saturated heterocycles. The van der Waals surface area contributed by atoms with E-state index in [0.29, 0.717) is 12.0 Å². The van der Waals surface area contributed by atoms with Crippen LogP contribution < -0.4 is 10.6 Å². The molecule has 3 nitrogen and oxygen atoms in total. The number of para-hydroxylation sites is 1. The first-order valence-corrected chi connectivity index (χ1v) is 7.26. The first-order chi connectivity index (χ1) is 8.65. The van der Waals surface area contributed by atoms with Crippen molar-refractivity contribution in [1.29, 1.82) is 0 Å². The maximum Gasteiger partial charge on any atom is 0.319 e. The van der Waals surface area contributed by atoms with Gasteiger partial charge in [0.1, 0.15) is 0 Å². The van der Waals surface area contributed by atoms with E-state index in [4.69, 9.17) is 0 Å². The molecule has 2 N–H and O–H groups in total. The van der Waals surface area contributed by atoms with Crippen LogP contribution in [0.2, 0.25) is 0 Å². The maximum atomic E-state index is 11.9. The molecular weight excluding hydrogens is 292 g/mol. The Labute approximate surface area is 116 Å². The van der Waals surface area contributed by atoms with Gasteiger partial charge in [0.2, 0.25) is 0 Å². The number of amides is 2. The standard InChI is InChI=1S/C14H19BrN2O/c1-10-5-4-6-11(9-10)16-14(18)17-13-8-3-2-7-12(13)15/h2-3,7-8,10-11H,4-6,9H2,1H3,(H2,16,17,18)/t10-,11-/m0/s1. The van der Waals surface area contributed by atoms with Crippen LogP contribution in [-0.4, -0.2) is 12.1 Å². The van der Waals surface area contributed by atoms with Crippen LogP contribution in [0, 0.1) is 5.92 Å². The van der Waals surface area contributed by atoms with E-state index in [-0.39, 0.29) is 6.03 Å². The third-order valence-electron chi connectivity index (χ3n) is 3.39. The summed E-state index contributed by atoms with van der Waals surface area (Å²) in [6.07, 6.45) is 4.67. The van der Waals surface area contributed by atoms with Crippen molar-refractivity contribution in [2.75, 3.05) is 5.32 Å². The number of carbonyl (C=O) groups is 1. The van der Waals surface area contributed by atoms with Crippen molar-refractivity contribution in [1.82, 2.24) is 5.32 Å². The van der Waals surface area contributed by atoms with Crippen LogP contribution in [0.1, 0.15) is 32.6 Å². The Morgan fingerprint density at radius 1 is 1.33 bits per heavy atom. The molecule has 2 amide bonds. The summed E-state index contributed by atoms with van der Waals surface area (Å²) in [5, 5.41) is 5.93. The molecule has 2 atom stereocenters. The molecule has 0 heterocycles. The fraction of sp³-hybridized carbons (Fsp3) is 0.500. The zero-order valence-electron chi connectivity index (χ0n) is 10.6. The van der Waals surface area contributed by atoms with Gasteiger partial charge in [-0.2, -0.15) is 0 Å². The number of hydrogen-bond acceptors (Lipinski definition) is 1. The number of urea groups is 1. The molecule has 98 valence electrons. The average molecular weight is 311 g/mol. The number of benzene rings is 1. The van der Waals surface area contributed by atoms with Gasteiger partial charge in [0.05, 0.1) is 5.69 Å². The Hall–Kier alpha value is -1.03. The van der Waals surface area contributed by atoms with Gasteiger partial charge in [-0.3, -0.25) is 0 Å². The maximum absolute atomic E-state index is 11.9. The average Bonchev–Trinajstić information content (AvgIpc) is 2.32. The van der Waals surface area contributed by atoms with Gasteiger partial charge < -0.3 is 10.6 Å². The molecule has 1 aliphatic rings. The SMILES string of the molecule is C[C@H]1CCC[C@H](NC(=O)Nc2ccccc2Br)C1. The second kappa shape index (κ2) is 6.23. The van der Waals surface area contributed by atoms with Crippen molar-refractivity contribution < 1.29 is 4.79 Å². The quantitative estimate of drug-likeness (QED) is 0.846. The summed E-state index contributed by atoms with van der Waals surface area (Å²) >= 11 is 3.42. The molecule has 18 heavy (non-hydrogen) atoms. The normalized spacial score (nSPS) is 23.4. The van der Waals surface area contributed by atoms with Gasteiger partial charge in [0.15, 0.2) is 0 Å². The van der Waals surface area contributed by atoms with E-state index in [2.05, 4.69) is 33.5 Å². The molecule has 0 unspecified atom stereocenters. The van der Waals surface area contributed by atoms with Gasteiger partial charge in [0, 0.05) is 10.5 Å². The van der Waals surface area contributed by atoms with Crippen LogP contribution in [0.3, 0.4) is 0 Å². The summed E-state index contributed by atoms with van der Waals surface area (Å²) < 4.78 is 0.900. The first kappa shape index (κ1) is 13.4. The predicted molar refractivity (Wildman–Crippen MR) is 77.7 cm³/mol. The van der Waals surface area contributed by atoms with E-state index in [9.17, 15) is 4.79 Å². The number of nitrogens with one attached hydrogen (secondary N) is 2. The Morgan fingerprint density at radius 3 is 2.83 bits per heavy atom. The van der Waals surface area contributed by atoms with Crippen molar-refractivity contribution in [2.45, 2.75) is 38.6 Å². The lowest BCUT2D eigenvalue weighted by molar-refractivity contribution is 0.238. The lowest BCUT2D eigenvalue weighted by atomic mass is 9.87. The third-order valence-corrected chi connectivity index (χ3v) is 4.09. The van der Waals surface area contributed by atoms with Crippen LogP contribution in [0.4, 0.5) is 10.5 Å². The van der Waals surface area contributed by atoms with E-state index < -0.39 is 0 Å². The lowest BCUT2D eigenvalue weighted by Crippen LogP contribution is -2.40. The van der Waals surface area contributed by atoms with Crippen molar-refractivity contribution in [3.63, 3.8) is 0 Å². The molecule has 4 heteroatoms. The van der Waals surface area contributed by atoms with Gasteiger partial charge >= 0.3 is 6.03 Å². The van der Waals surface area contributed by atoms with Gasteiger partial charge in [-0.1, -0.05) is 31.9 Å². The molecule has 1 aromatic rings. The predicted octanol–water partition coefficient (Wildman–Crippen LogP) is 4.15. The van der Waals surface area contributed by atoms with Crippen LogP contribution in [0.5, 0.6) is 0 Å². The summed E-state index contributed by atoms with van der Waals surface area (Å²) in [5.41, 5.74) is 0.804. The van der Waals surface area contributed by atoms with Gasteiger partial charge in [-0.15, -0.1) is 0 Å². The number of hydrogen-bond donors (Lipinski definition) is 2. The Morgan fingerprint density at radius 2 is 2.11 bits per heavy atom. The van der Waals surface area contributed by atoms with E-state index in [1.165, 1.54) is 12.8 Å². The highest BCUT2D eigenvalue weighted by atomic mass is 79.9. The van der Waals surface area contributed by atoms with Crippen LogP contribution in [0.15, 0.2) is 28.7 Å². The van der Waals surface area contributed by atoms with Gasteiger partial charge in [0.25, 0.3) is 0 Å². The molecular formula is C14H19BrN2O. The smallest absolute Gasteiger partial charge is 0.319 e. The van der Waals surface area contributed by atoms with Crippen LogP contribution in [0.25, 0.3) is 0 Å². The fourth-order valence-corrected chi connectivity index (χ4v) is 2.86. The highest BCUT2D eigenvalue weighted by Gasteiger charge is 2.20. The van der Waals surface area contributed by atoms with Gasteiger partial charge in [-0.05, 0) is 46.8 Å². The minimum atomic E-state index is -0.110. The first-order valence-electron chi connectivity index (χ1n) is 6.47. The van der Waals surface area contributed by atoms with E-state index in [0.717, 1.165) is 23.0 Å². The number of halogens is 1. The van der Waals surface area contributed by atoms with E-state index in [1.54, 1.807) is 0 Å². The Bertz CT molecular complexity index is 422. The molecule has 1 aliphatic carbocycles. The lowest BCUT2D eigenvalue weighted by Gasteiger charge is -2.27. The summed E-state index contributed by atoms with van der Waals surface area (Å²) in [7, 11) is 0. The number of rotatable bonds is 2. The Kier molecular flexibility index (Phi) is 4.64. The summed E-state index contributed by atoms with van der Waals surface area (Å²) in [6, 6.07) is 7.84. The van der Waals surface area contributed by atoms with Crippen LogP contribution in [-0.2, 0) is 0 Å². The molecule has 0 bridgehead atoms. The molecule has 0 radical (unpaired) electrons. The van der Waals surface area contributed by atoms with Crippen molar-refractivity contribution >= 4 is 27.6 Å². The second-order valence-corrected chi connectivity index (χ2v) is 5.90. The molecule has 2 rings (SSSR count). The molecule has 1 fully saturated rings. The summed E-state index contributed by atoms with van der Waals surface area (Å²) in [6.45, 7) is 2.25. The number of anilines is 1. The molecule has 0 aromatic heterocycles. The summed E-state index contributed by atoms with van der Waals surface area (Å²) in [5.74, 6) is 0.715. The highest BCUT2D eigenvalue weighted by Crippen LogP contribution is 2.24. The highest BCUT2D eigenvalue weighted by molar-refractivity contribution is 9.10. The fourth-order valence-electron chi connectivity index (χ4n) is 2.47. The third kappa shape index (κ3) is 3.73. The topological polar surface area (TPSA) is 41.1 Å². The number of carbonyl (C=O) groups excluding carboxylic acids is 1. The van der Waals surface area contributed by atoms with Gasteiger partial charge in [-0.25, -0.2) is 4.79 Å². The molecule has 0 aliphatic heterocycles. The van der Waals surface area contributed by atoms with E-state index >= 15 is 0 Å². The summed E-state index contributed by atoms with van der Waals surface area (Å²) in [4.78, 5) is 11.9. The largest absolute Gasteiger partial charge is 0.335 e. The zero-order valence-corrected chi connectivity index (χ0v) is 12.2. The van der Waals surface area contributed by atoms with Crippen LogP contribution >= 0.6 is 15.9 Å². The second-order valence-electron chi connectivity index (χ2n) is 5.05. The minimum absolute atomic E-state index is 0.110. The molecule has 1 aromatic carbocycles. The monoisotopic (exact) mass is 310 g/mol. The molecule has 1 saturated carbocycles.